The Morgan fingerprint density at radius 3 is 2.14 bits per heavy atom. The molecule has 0 heterocycles. The summed E-state index contributed by atoms with van der Waals surface area (Å²) in [5.74, 6) is 5.39. The maximum atomic E-state index is 11.8. The van der Waals surface area contributed by atoms with Gasteiger partial charge in [-0.2, -0.15) is 0 Å². The van der Waals surface area contributed by atoms with Gasteiger partial charge in [0.05, 0.1) is 5.41 Å². The van der Waals surface area contributed by atoms with Gasteiger partial charge in [-0.05, 0) is 36.1 Å². The molecular weight excluding hydrogens is 260 g/mol. The first-order chi connectivity index (χ1) is 10.2. The molecule has 0 saturated carbocycles. The van der Waals surface area contributed by atoms with Gasteiger partial charge < -0.3 is 5.11 Å². The van der Waals surface area contributed by atoms with Crippen molar-refractivity contribution in [2.24, 2.45) is 5.41 Å². The van der Waals surface area contributed by atoms with E-state index in [1.54, 1.807) is 0 Å². The van der Waals surface area contributed by atoms with Gasteiger partial charge in [-0.1, -0.05) is 54.3 Å². The number of carboxylic acid groups (broad SMARTS) is 1. The molecule has 0 radical (unpaired) electrons. The Morgan fingerprint density at radius 2 is 1.57 bits per heavy atom. The van der Waals surface area contributed by atoms with E-state index in [0.29, 0.717) is 19.3 Å². The van der Waals surface area contributed by atoms with E-state index in [4.69, 9.17) is 0 Å². The molecular formula is C19H16O2. The maximum absolute atomic E-state index is 11.8. The van der Waals surface area contributed by atoms with Gasteiger partial charge in [0.2, 0.25) is 0 Å². The third-order valence-electron chi connectivity index (χ3n) is 4.06. The lowest BCUT2D eigenvalue weighted by molar-refractivity contribution is -0.148. The molecule has 0 saturated heterocycles. The third-order valence-corrected chi connectivity index (χ3v) is 4.06. The van der Waals surface area contributed by atoms with E-state index in [2.05, 4.69) is 11.8 Å². The second-order valence-electron chi connectivity index (χ2n) is 5.55. The highest BCUT2D eigenvalue weighted by Gasteiger charge is 2.43. The molecule has 0 aliphatic heterocycles. The summed E-state index contributed by atoms with van der Waals surface area (Å²) in [6.45, 7) is 0. The Kier molecular flexibility index (Phi) is 3.50. The van der Waals surface area contributed by atoms with Crippen molar-refractivity contribution in [3.63, 3.8) is 0 Å². The summed E-state index contributed by atoms with van der Waals surface area (Å²) in [6, 6.07) is 17.6. The van der Waals surface area contributed by atoms with Gasteiger partial charge in [0.25, 0.3) is 0 Å². The topological polar surface area (TPSA) is 37.3 Å². The number of fused-ring (bicyclic) bond motifs is 1. The molecule has 1 aliphatic carbocycles. The molecule has 0 amide bonds. The minimum Gasteiger partial charge on any atom is -0.481 e. The monoisotopic (exact) mass is 276 g/mol. The lowest BCUT2D eigenvalue weighted by Gasteiger charge is -2.20. The molecule has 0 atom stereocenters. The molecule has 0 fully saturated rings. The quantitative estimate of drug-likeness (QED) is 0.855. The minimum absolute atomic E-state index is 0.381. The number of rotatable bonds is 2. The Balaban J connectivity index is 1.82. The number of aliphatic carboxylic acids is 1. The van der Waals surface area contributed by atoms with Crippen molar-refractivity contribution in [1.29, 1.82) is 0 Å². The van der Waals surface area contributed by atoms with Crippen LogP contribution in [0, 0.1) is 17.3 Å². The Labute approximate surface area is 124 Å². The molecule has 0 bridgehead atoms. The summed E-state index contributed by atoms with van der Waals surface area (Å²) in [7, 11) is 0. The first kappa shape index (κ1) is 13.5. The Hall–Kier alpha value is -2.53. The molecule has 3 rings (SSSR count). The van der Waals surface area contributed by atoms with Crippen LogP contribution in [0.3, 0.4) is 0 Å². The summed E-state index contributed by atoms with van der Waals surface area (Å²) in [5, 5.41) is 9.67. The minimum atomic E-state index is -0.772. The van der Waals surface area contributed by atoms with Gasteiger partial charge in [0.1, 0.15) is 0 Å². The number of hydrogen-bond acceptors (Lipinski definition) is 1. The smallest absolute Gasteiger partial charge is 0.311 e. The molecule has 21 heavy (non-hydrogen) atoms. The van der Waals surface area contributed by atoms with E-state index in [9.17, 15) is 9.90 Å². The average molecular weight is 276 g/mol. The van der Waals surface area contributed by atoms with E-state index in [-0.39, 0.29) is 0 Å². The Morgan fingerprint density at radius 1 is 1.00 bits per heavy atom. The summed E-state index contributed by atoms with van der Waals surface area (Å²) in [6.07, 6.45) is 1.52. The third kappa shape index (κ3) is 2.68. The summed E-state index contributed by atoms with van der Waals surface area (Å²) in [5.41, 5.74) is 2.43. The van der Waals surface area contributed by atoms with Gasteiger partial charge in [-0.15, -0.1) is 0 Å². The molecule has 0 aromatic heterocycles. The molecule has 2 aromatic carbocycles. The summed E-state index contributed by atoms with van der Waals surface area (Å²) in [4.78, 5) is 11.8. The predicted octanol–water partition coefficient (Wildman–Crippen LogP) is 3.30. The molecule has 1 N–H and O–H groups in total. The highest BCUT2D eigenvalue weighted by Crippen LogP contribution is 2.39. The molecule has 2 nitrogen and oxygen atoms in total. The van der Waals surface area contributed by atoms with Crippen LogP contribution in [0.1, 0.15) is 23.1 Å². The van der Waals surface area contributed by atoms with Crippen molar-refractivity contribution in [1.82, 2.24) is 0 Å². The lowest BCUT2D eigenvalue weighted by Crippen LogP contribution is -2.31. The van der Waals surface area contributed by atoms with Gasteiger partial charge in [0.15, 0.2) is 0 Å². The molecule has 1 aliphatic rings. The highest BCUT2D eigenvalue weighted by molar-refractivity contribution is 5.77. The normalized spacial score (nSPS) is 14.9. The van der Waals surface area contributed by atoms with E-state index in [0.717, 1.165) is 16.7 Å². The largest absolute Gasteiger partial charge is 0.481 e. The summed E-state index contributed by atoms with van der Waals surface area (Å²) >= 11 is 0. The molecule has 0 unspecified atom stereocenters. The number of carbonyl (C=O) groups is 1. The van der Waals surface area contributed by atoms with Gasteiger partial charge in [-0.3, -0.25) is 4.79 Å². The highest BCUT2D eigenvalue weighted by atomic mass is 16.4. The number of benzene rings is 2. The first-order valence-electron chi connectivity index (χ1n) is 7.04. The average Bonchev–Trinajstić information content (AvgIpc) is 2.88. The van der Waals surface area contributed by atoms with Crippen LogP contribution in [0.15, 0.2) is 54.6 Å². The molecule has 2 heteroatoms. The molecule has 2 aromatic rings. The van der Waals surface area contributed by atoms with Crippen LogP contribution in [-0.2, 0) is 17.6 Å². The van der Waals surface area contributed by atoms with Gasteiger partial charge >= 0.3 is 5.97 Å². The van der Waals surface area contributed by atoms with Gasteiger partial charge in [-0.25, -0.2) is 0 Å². The Bertz CT molecular complexity index is 695. The van der Waals surface area contributed by atoms with E-state index in [1.807, 2.05) is 54.6 Å². The fourth-order valence-electron chi connectivity index (χ4n) is 2.88. The van der Waals surface area contributed by atoms with Crippen LogP contribution in [-0.4, -0.2) is 11.1 Å². The van der Waals surface area contributed by atoms with Crippen LogP contribution < -0.4 is 0 Å². The fourth-order valence-corrected chi connectivity index (χ4v) is 2.88. The van der Waals surface area contributed by atoms with Crippen LogP contribution in [0.25, 0.3) is 0 Å². The predicted molar refractivity (Wildman–Crippen MR) is 81.9 cm³/mol. The van der Waals surface area contributed by atoms with Crippen LogP contribution in [0.5, 0.6) is 0 Å². The van der Waals surface area contributed by atoms with E-state index in [1.165, 1.54) is 0 Å². The van der Waals surface area contributed by atoms with Gasteiger partial charge in [0, 0.05) is 12.0 Å². The van der Waals surface area contributed by atoms with Crippen LogP contribution >= 0.6 is 0 Å². The summed E-state index contributed by atoms with van der Waals surface area (Å²) < 4.78 is 0. The second-order valence-corrected chi connectivity index (χ2v) is 5.55. The standard InChI is InChI=1S/C19H16O2/c20-18(21)19(12-6-9-15-7-2-1-3-8-15)13-16-10-4-5-11-17(16)14-19/h1-5,7-8,10-11H,12-14H2,(H,20,21). The number of hydrogen-bond donors (Lipinski definition) is 1. The van der Waals surface area contributed by atoms with Crippen LogP contribution in [0.2, 0.25) is 0 Å². The SMILES string of the molecule is O=C(O)C1(CC#Cc2ccccc2)Cc2ccccc2C1. The molecule has 0 spiro atoms. The van der Waals surface area contributed by atoms with Crippen molar-refractivity contribution >= 4 is 5.97 Å². The van der Waals surface area contributed by atoms with Crippen molar-refractivity contribution in [2.45, 2.75) is 19.3 Å². The van der Waals surface area contributed by atoms with E-state index >= 15 is 0 Å². The fraction of sp³-hybridized carbons (Fsp3) is 0.211. The number of carboxylic acids is 1. The first-order valence-corrected chi connectivity index (χ1v) is 7.04. The molecule has 104 valence electrons. The zero-order chi connectivity index (χ0) is 14.7. The van der Waals surface area contributed by atoms with Crippen molar-refractivity contribution < 1.29 is 9.90 Å². The zero-order valence-corrected chi connectivity index (χ0v) is 11.7. The van der Waals surface area contributed by atoms with Crippen molar-refractivity contribution in [3.8, 4) is 11.8 Å². The van der Waals surface area contributed by atoms with E-state index < -0.39 is 11.4 Å². The second kappa shape index (κ2) is 5.46. The maximum Gasteiger partial charge on any atom is 0.311 e. The lowest BCUT2D eigenvalue weighted by atomic mass is 9.81. The van der Waals surface area contributed by atoms with Crippen molar-refractivity contribution in [2.75, 3.05) is 0 Å². The van der Waals surface area contributed by atoms with Crippen LogP contribution in [0.4, 0.5) is 0 Å². The zero-order valence-electron chi connectivity index (χ0n) is 11.7. The van der Waals surface area contributed by atoms with Crippen molar-refractivity contribution in [3.05, 3.63) is 71.3 Å².